The molecule has 3 fully saturated rings. The van der Waals surface area contributed by atoms with Crippen LogP contribution in [0.25, 0.3) is 0 Å². The summed E-state index contributed by atoms with van der Waals surface area (Å²) < 4.78 is 20.0. The molecular weight excluding hydrogens is 315 g/mol. The normalized spacial score (nSPS) is 29.3. The topological polar surface area (TPSA) is 15.7 Å². The predicted octanol–water partition coefficient (Wildman–Crippen LogP) is 3.95. The average molecular weight is 344 g/mol. The lowest BCUT2D eigenvalue weighted by Crippen LogP contribution is -2.53. The lowest BCUT2D eigenvalue weighted by molar-refractivity contribution is -0.0336. The van der Waals surface area contributed by atoms with E-state index in [9.17, 15) is 4.39 Å². The maximum Gasteiger partial charge on any atom is 0.123 e. The van der Waals surface area contributed by atoms with Gasteiger partial charge in [0.15, 0.2) is 0 Å². The lowest BCUT2D eigenvalue weighted by atomic mass is 9.81. The molecule has 0 radical (unpaired) electrons. The van der Waals surface area contributed by atoms with Crippen molar-refractivity contribution in [3.05, 3.63) is 23.8 Å². The highest BCUT2D eigenvalue weighted by Crippen LogP contribution is 2.42. The maximum atomic E-state index is 13.5. The molecule has 1 aromatic rings. The Hall–Kier alpha value is -1.29. The van der Waals surface area contributed by atoms with Gasteiger partial charge in [0.05, 0.1) is 0 Å². The molecule has 25 heavy (non-hydrogen) atoms. The van der Waals surface area contributed by atoms with Crippen molar-refractivity contribution < 1.29 is 9.13 Å². The molecule has 1 aliphatic carbocycles. The van der Waals surface area contributed by atoms with Crippen LogP contribution >= 0.6 is 0 Å². The van der Waals surface area contributed by atoms with Crippen molar-refractivity contribution in [2.24, 2.45) is 0 Å². The first kappa shape index (κ1) is 15.9. The fourth-order valence-electron chi connectivity index (χ4n) is 5.06. The van der Waals surface area contributed by atoms with Crippen LogP contribution in [0.5, 0.6) is 5.75 Å². The van der Waals surface area contributed by atoms with Crippen molar-refractivity contribution in [2.75, 3.05) is 31.1 Å². The molecule has 0 bridgehead atoms. The number of hydrogen-bond donors (Lipinski definition) is 0. The second-order valence-corrected chi connectivity index (χ2v) is 8.53. The van der Waals surface area contributed by atoms with Crippen molar-refractivity contribution >= 4 is 5.69 Å². The quantitative estimate of drug-likeness (QED) is 0.808. The van der Waals surface area contributed by atoms with E-state index in [-0.39, 0.29) is 5.60 Å². The monoisotopic (exact) mass is 344 g/mol. The number of fused-ring (bicyclic) bond motifs is 1. The van der Waals surface area contributed by atoms with Crippen LogP contribution in [-0.2, 0) is 6.42 Å². The molecule has 1 spiro atoms. The third-order valence-corrected chi connectivity index (χ3v) is 7.02. The van der Waals surface area contributed by atoms with E-state index in [0.29, 0.717) is 13.0 Å². The van der Waals surface area contributed by atoms with Crippen LogP contribution in [-0.4, -0.2) is 48.9 Å². The van der Waals surface area contributed by atoms with Crippen LogP contribution in [0.3, 0.4) is 0 Å². The minimum absolute atomic E-state index is 0.0619. The van der Waals surface area contributed by atoms with Crippen LogP contribution in [0.1, 0.15) is 50.5 Å². The number of halogens is 1. The Balaban J connectivity index is 1.27. The van der Waals surface area contributed by atoms with Gasteiger partial charge in [-0.1, -0.05) is 6.42 Å². The second-order valence-electron chi connectivity index (χ2n) is 8.53. The number of alkyl halides is 1. The predicted molar refractivity (Wildman–Crippen MR) is 98.3 cm³/mol. The number of hydrogen-bond acceptors (Lipinski definition) is 3. The molecule has 3 nitrogen and oxygen atoms in total. The molecule has 0 N–H and O–H groups in total. The number of rotatable bonds is 2. The summed E-state index contributed by atoms with van der Waals surface area (Å²) in [7, 11) is 0. The van der Waals surface area contributed by atoms with E-state index in [2.05, 4.69) is 28.0 Å². The molecule has 3 heterocycles. The Bertz CT molecular complexity index is 637. The zero-order chi connectivity index (χ0) is 16.9. The number of aryl methyl sites for hydroxylation is 1. The van der Waals surface area contributed by atoms with Crippen LogP contribution in [0.15, 0.2) is 18.2 Å². The zero-order valence-electron chi connectivity index (χ0n) is 15.1. The number of anilines is 1. The highest BCUT2D eigenvalue weighted by Gasteiger charge is 2.41. The third-order valence-electron chi connectivity index (χ3n) is 7.02. The van der Waals surface area contributed by atoms with E-state index < -0.39 is 6.17 Å². The van der Waals surface area contributed by atoms with Crippen molar-refractivity contribution in [2.45, 2.75) is 69.2 Å². The van der Waals surface area contributed by atoms with E-state index >= 15 is 0 Å². The highest BCUT2D eigenvalue weighted by atomic mass is 19.1. The molecule has 4 heteroatoms. The number of ether oxygens (including phenoxy) is 1. The smallest absolute Gasteiger partial charge is 0.123 e. The van der Waals surface area contributed by atoms with Gasteiger partial charge >= 0.3 is 0 Å². The Labute approximate surface area is 150 Å². The fraction of sp³-hybridized carbons (Fsp3) is 0.714. The molecule has 1 aromatic carbocycles. The zero-order valence-corrected chi connectivity index (χ0v) is 15.1. The summed E-state index contributed by atoms with van der Waals surface area (Å²) in [5.41, 5.74) is 2.54. The Morgan fingerprint density at radius 2 is 1.88 bits per heavy atom. The molecule has 3 aliphatic heterocycles. The summed E-state index contributed by atoms with van der Waals surface area (Å²) in [6.07, 6.45) is 8.77. The maximum absolute atomic E-state index is 13.5. The van der Waals surface area contributed by atoms with Gasteiger partial charge in [-0.05, 0) is 68.7 Å². The molecule has 1 atom stereocenters. The summed E-state index contributed by atoms with van der Waals surface area (Å²) in [6, 6.07) is 7.36. The number of nitrogens with zero attached hydrogens (tertiary/aromatic N) is 2. The summed E-state index contributed by atoms with van der Waals surface area (Å²) in [5.74, 6) is 1.07. The molecular formula is C21H29FN2O. The van der Waals surface area contributed by atoms with E-state index in [0.717, 1.165) is 31.2 Å². The highest BCUT2D eigenvalue weighted by molar-refractivity contribution is 5.54. The molecule has 0 amide bonds. The van der Waals surface area contributed by atoms with E-state index in [4.69, 9.17) is 4.74 Å². The molecule has 0 unspecified atom stereocenters. The minimum atomic E-state index is -0.670. The first-order valence-electron chi connectivity index (χ1n) is 10.2. The summed E-state index contributed by atoms with van der Waals surface area (Å²) >= 11 is 0. The molecule has 2 saturated heterocycles. The average Bonchev–Trinajstić information content (AvgIpc) is 3.02. The first-order valence-corrected chi connectivity index (χ1v) is 10.2. The van der Waals surface area contributed by atoms with Crippen LogP contribution in [0.2, 0.25) is 0 Å². The van der Waals surface area contributed by atoms with E-state index in [1.165, 1.54) is 56.4 Å². The molecule has 0 aromatic heterocycles. The van der Waals surface area contributed by atoms with Crippen molar-refractivity contribution in [3.63, 3.8) is 0 Å². The number of piperidine rings is 1. The summed E-state index contributed by atoms with van der Waals surface area (Å²) in [4.78, 5) is 4.86. The van der Waals surface area contributed by atoms with Crippen LogP contribution < -0.4 is 9.64 Å². The molecule has 136 valence electrons. The molecule has 4 aliphatic rings. The largest absolute Gasteiger partial charge is 0.487 e. The summed E-state index contributed by atoms with van der Waals surface area (Å²) in [5, 5.41) is 0. The second kappa shape index (κ2) is 6.15. The van der Waals surface area contributed by atoms with Gasteiger partial charge in [-0.3, -0.25) is 0 Å². The van der Waals surface area contributed by atoms with E-state index in [1.54, 1.807) is 0 Å². The number of benzene rings is 1. The van der Waals surface area contributed by atoms with Gasteiger partial charge in [0.25, 0.3) is 0 Å². The Morgan fingerprint density at radius 3 is 2.56 bits per heavy atom. The lowest BCUT2D eigenvalue weighted by Gasteiger charge is -2.48. The molecule has 1 saturated carbocycles. The van der Waals surface area contributed by atoms with Crippen molar-refractivity contribution in [3.8, 4) is 5.75 Å². The van der Waals surface area contributed by atoms with Gasteiger partial charge in [0.2, 0.25) is 0 Å². The van der Waals surface area contributed by atoms with Crippen LogP contribution in [0.4, 0.5) is 10.1 Å². The van der Waals surface area contributed by atoms with Crippen LogP contribution in [0, 0.1) is 0 Å². The van der Waals surface area contributed by atoms with Gasteiger partial charge in [0, 0.05) is 37.9 Å². The van der Waals surface area contributed by atoms with Gasteiger partial charge in [-0.25, -0.2) is 4.39 Å². The van der Waals surface area contributed by atoms with Crippen molar-refractivity contribution in [1.82, 2.24) is 4.90 Å². The fourth-order valence-corrected chi connectivity index (χ4v) is 5.06. The van der Waals surface area contributed by atoms with Gasteiger partial charge in [-0.2, -0.15) is 0 Å². The van der Waals surface area contributed by atoms with Gasteiger partial charge in [0.1, 0.15) is 17.5 Å². The SMILES string of the molecule is F[C@@H]1CCN(c2ccc3c(c2)CCC2(CCN(C4CCC4)CC2)O3)C1. The standard InChI is InChI=1S/C21H29FN2O/c22-17-7-11-24(15-17)19-4-5-20-16(14-19)6-8-21(25-20)9-12-23(13-10-21)18-2-1-3-18/h4-5,14,17-18H,1-3,6-13,15H2/t17-/m1/s1. The first-order chi connectivity index (χ1) is 12.2. The van der Waals surface area contributed by atoms with Gasteiger partial charge < -0.3 is 14.5 Å². The number of likely N-dealkylation sites (tertiary alicyclic amines) is 1. The van der Waals surface area contributed by atoms with E-state index in [1.807, 2.05) is 0 Å². The Morgan fingerprint density at radius 1 is 1.04 bits per heavy atom. The third kappa shape index (κ3) is 2.92. The van der Waals surface area contributed by atoms with Gasteiger partial charge in [-0.15, -0.1) is 0 Å². The minimum Gasteiger partial charge on any atom is -0.487 e. The molecule has 5 rings (SSSR count). The summed E-state index contributed by atoms with van der Waals surface area (Å²) in [6.45, 7) is 3.77. The Kier molecular flexibility index (Phi) is 3.92. The van der Waals surface area contributed by atoms with Crippen molar-refractivity contribution in [1.29, 1.82) is 0 Å².